The molecule has 7 heteroatoms. The number of rotatable bonds is 5. The van der Waals surface area contributed by atoms with E-state index in [9.17, 15) is 8.42 Å². The van der Waals surface area contributed by atoms with Crippen LogP contribution >= 0.6 is 12.2 Å². The Morgan fingerprint density at radius 3 is 2.76 bits per heavy atom. The zero-order valence-corrected chi connectivity index (χ0v) is 11.3. The molecule has 17 heavy (non-hydrogen) atoms. The Kier molecular flexibility index (Phi) is 4.55. The summed E-state index contributed by atoms with van der Waals surface area (Å²) in [6.07, 6.45) is 0. The number of sulfonamides is 1. The summed E-state index contributed by atoms with van der Waals surface area (Å²) >= 11 is 4.66. The second kappa shape index (κ2) is 5.52. The quantitative estimate of drug-likeness (QED) is 0.762. The van der Waals surface area contributed by atoms with E-state index in [0.717, 1.165) is 5.69 Å². The molecule has 1 aromatic heterocycles. The number of hydrogen-bond acceptors (Lipinski definition) is 4. The van der Waals surface area contributed by atoms with Crippen LogP contribution in [0.1, 0.15) is 18.3 Å². The van der Waals surface area contributed by atoms with E-state index in [1.54, 1.807) is 6.07 Å². The van der Waals surface area contributed by atoms with Crippen molar-refractivity contribution in [1.82, 2.24) is 9.71 Å². The highest BCUT2D eigenvalue weighted by molar-refractivity contribution is 7.93. The van der Waals surface area contributed by atoms with Gasteiger partial charge in [-0.15, -0.1) is 0 Å². The highest BCUT2D eigenvalue weighted by atomic mass is 32.2. The van der Waals surface area contributed by atoms with Crippen molar-refractivity contribution in [3.05, 3.63) is 29.6 Å². The zero-order valence-electron chi connectivity index (χ0n) is 9.67. The molecule has 0 saturated heterocycles. The largest absolute Gasteiger partial charge is 0.392 e. The Morgan fingerprint density at radius 2 is 2.24 bits per heavy atom. The van der Waals surface area contributed by atoms with E-state index in [-0.39, 0.29) is 11.5 Å². The molecule has 5 nitrogen and oxygen atoms in total. The Labute approximate surface area is 106 Å². The summed E-state index contributed by atoms with van der Waals surface area (Å²) in [5.41, 5.74) is 6.81. The first-order valence-electron chi connectivity index (χ1n) is 5.03. The van der Waals surface area contributed by atoms with Gasteiger partial charge < -0.3 is 5.73 Å². The van der Waals surface area contributed by atoms with E-state index in [2.05, 4.69) is 21.9 Å². The van der Waals surface area contributed by atoms with E-state index in [1.807, 2.05) is 19.1 Å². The number of aromatic nitrogens is 1. The van der Waals surface area contributed by atoms with Gasteiger partial charge in [0, 0.05) is 5.69 Å². The summed E-state index contributed by atoms with van der Waals surface area (Å²) in [4.78, 5) is 4.14. The maximum atomic E-state index is 11.7. The van der Waals surface area contributed by atoms with Gasteiger partial charge in [0.2, 0.25) is 10.0 Å². The second-order valence-corrected chi connectivity index (χ2v) is 6.24. The normalized spacial score (nSPS) is 13.3. The van der Waals surface area contributed by atoms with Gasteiger partial charge >= 0.3 is 0 Å². The molecule has 1 atom stereocenters. The summed E-state index contributed by atoms with van der Waals surface area (Å²) in [5, 5.41) is -0.887. The fourth-order valence-electron chi connectivity index (χ4n) is 1.15. The minimum Gasteiger partial charge on any atom is -0.392 e. The van der Waals surface area contributed by atoms with Crippen molar-refractivity contribution in [2.75, 3.05) is 0 Å². The Balaban J connectivity index is 2.71. The number of hydrogen-bond donors (Lipinski definition) is 2. The average Bonchev–Trinajstić information content (AvgIpc) is 2.25. The molecule has 0 aliphatic rings. The predicted octanol–water partition coefficient (Wildman–Crippen LogP) is 0.484. The van der Waals surface area contributed by atoms with Crippen LogP contribution in [0.5, 0.6) is 0 Å². The summed E-state index contributed by atoms with van der Waals surface area (Å²) < 4.78 is 25.9. The van der Waals surface area contributed by atoms with Gasteiger partial charge in [0.05, 0.1) is 17.2 Å². The Hall–Kier alpha value is -1.05. The van der Waals surface area contributed by atoms with Gasteiger partial charge in [0.15, 0.2) is 0 Å². The lowest BCUT2D eigenvalue weighted by atomic mass is 10.3. The molecular formula is C10H15N3O2S2. The lowest BCUT2D eigenvalue weighted by Gasteiger charge is -2.12. The van der Waals surface area contributed by atoms with Gasteiger partial charge in [-0.05, 0) is 26.0 Å². The van der Waals surface area contributed by atoms with Crippen LogP contribution in [0.15, 0.2) is 18.2 Å². The predicted molar refractivity (Wildman–Crippen MR) is 71.0 cm³/mol. The van der Waals surface area contributed by atoms with Crippen LogP contribution < -0.4 is 10.5 Å². The molecule has 1 rings (SSSR count). The molecule has 0 bridgehead atoms. The van der Waals surface area contributed by atoms with E-state index < -0.39 is 15.3 Å². The van der Waals surface area contributed by atoms with Gasteiger partial charge in [0.25, 0.3) is 0 Å². The first-order chi connectivity index (χ1) is 7.83. The molecule has 1 heterocycles. The molecule has 94 valence electrons. The monoisotopic (exact) mass is 273 g/mol. The van der Waals surface area contributed by atoms with Gasteiger partial charge in [-0.1, -0.05) is 18.3 Å². The van der Waals surface area contributed by atoms with Crippen molar-refractivity contribution in [2.24, 2.45) is 5.73 Å². The maximum Gasteiger partial charge on any atom is 0.221 e. The van der Waals surface area contributed by atoms with E-state index in [1.165, 1.54) is 6.92 Å². The van der Waals surface area contributed by atoms with Gasteiger partial charge in [-0.25, -0.2) is 13.1 Å². The molecule has 1 aromatic rings. The molecule has 0 aliphatic carbocycles. The van der Waals surface area contributed by atoms with Crippen LogP contribution in [0.25, 0.3) is 0 Å². The Morgan fingerprint density at radius 1 is 1.59 bits per heavy atom. The number of aryl methyl sites for hydroxylation is 1. The molecule has 0 fully saturated rings. The minimum absolute atomic E-state index is 0.0466. The van der Waals surface area contributed by atoms with Gasteiger partial charge in [-0.2, -0.15) is 0 Å². The molecule has 1 unspecified atom stereocenters. The third-order valence-electron chi connectivity index (χ3n) is 2.27. The Bertz CT molecular complexity index is 514. The number of nitrogens with one attached hydrogen (secondary N) is 1. The molecule has 0 aromatic carbocycles. The van der Waals surface area contributed by atoms with Crippen molar-refractivity contribution in [1.29, 1.82) is 0 Å². The van der Waals surface area contributed by atoms with Crippen molar-refractivity contribution in [3.8, 4) is 0 Å². The highest BCUT2D eigenvalue weighted by Gasteiger charge is 2.22. The van der Waals surface area contributed by atoms with Crippen molar-refractivity contribution < 1.29 is 8.42 Å². The summed E-state index contributed by atoms with van der Waals surface area (Å²) in [7, 11) is -3.53. The standard InChI is InChI=1S/C10H15N3O2S2/c1-7-4-3-5-9(13-7)6-12-17(14,15)8(2)10(11)16/h3-5,8,12H,6H2,1-2H3,(H2,11,16). The zero-order chi connectivity index (χ0) is 13.1. The molecule has 0 radical (unpaired) electrons. The number of thiocarbonyl (C=S) groups is 1. The molecule has 0 amide bonds. The second-order valence-electron chi connectivity index (χ2n) is 3.68. The van der Waals surface area contributed by atoms with Crippen LogP contribution in [0.3, 0.4) is 0 Å². The highest BCUT2D eigenvalue weighted by Crippen LogP contribution is 2.02. The van der Waals surface area contributed by atoms with Crippen LogP contribution in [0.2, 0.25) is 0 Å². The minimum atomic E-state index is -3.53. The van der Waals surface area contributed by atoms with Gasteiger partial charge in [-0.3, -0.25) is 4.98 Å². The molecule has 0 aliphatic heterocycles. The lowest BCUT2D eigenvalue weighted by Crippen LogP contribution is -2.39. The average molecular weight is 273 g/mol. The van der Waals surface area contributed by atoms with E-state index in [0.29, 0.717) is 5.69 Å². The topological polar surface area (TPSA) is 85.1 Å². The van der Waals surface area contributed by atoms with Crippen LogP contribution in [0.4, 0.5) is 0 Å². The maximum absolute atomic E-state index is 11.7. The SMILES string of the molecule is Cc1cccc(CNS(=O)(=O)C(C)C(N)=S)n1. The number of nitrogens with zero attached hydrogens (tertiary/aromatic N) is 1. The molecule has 0 spiro atoms. The first kappa shape index (κ1) is 14.0. The fourth-order valence-corrected chi connectivity index (χ4v) is 2.44. The molecule has 3 N–H and O–H groups in total. The van der Waals surface area contributed by atoms with Crippen LogP contribution in [0, 0.1) is 6.92 Å². The number of nitrogens with two attached hydrogens (primary N) is 1. The van der Waals surface area contributed by atoms with Crippen LogP contribution in [-0.4, -0.2) is 23.6 Å². The fraction of sp³-hybridized carbons (Fsp3) is 0.400. The van der Waals surface area contributed by atoms with Crippen LogP contribution in [-0.2, 0) is 16.6 Å². The number of pyridine rings is 1. The lowest BCUT2D eigenvalue weighted by molar-refractivity contribution is 0.577. The molecule has 0 saturated carbocycles. The molecular weight excluding hydrogens is 258 g/mol. The third kappa shape index (κ3) is 4.03. The van der Waals surface area contributed by atoms with Crippen molar-refractivity contribution in [3.63, 3.8) is 0 Å². The van der Waals surface area contributed by atoms with Crippen molar-refractivity contribution >= 4 is 27.2 Å². The van der Waals surface area contributed by atoms with Gasteiger partial charge in [0.1, 0.15) is 5.25 Å². The van der Waals surface area contributed by atoms with Crippen molar-refractivity contribution in [2.45, 2.75) is 25.6 Å². The van der Waals surface area contributed by atoms with E-state index in [4.69, 9.17) is 5.73 Å². The summed E-state index contributed by atoms with van der Waals surface area (Å²) in [6.45, 7) is 3.43. The summed E-state index contributed by atoms with van der Waals surface area (Å²) in [6, 6.07) is 5.42. The van der Waals surface area contributed by atoms with E-state index >= 15 is 0 Å². The smallest absolute Gasteiger partial charge is 0.221 e. The third-order valence-corrected chi connectivity index (χ3v) is 4.50. The summed E-state index contributed by atoms with van der Waals surface area (Å²) in [5.74, 6) is 0. The first-order valence-corrected chi connectivity index (χ1v) is 6.98.